The second-order valence-electron chi connectivity index (χ2n) is 3.92. The van der Waals surface area contributed by atoms with Crippen molar-refractivity contribution in [1.82, 2.24) is 4.90 Å². The normalized spacial score (nSPS) is 10.5. The molecule has 0 saturated carbocycles. The summed E-state index contributed by atoms with van der Waals surface area (Å²) in [4.78, 5) is 23.2. The summed E-state index contributed by atoms with van der Waals surface area (Å²) in [6.07, 6.45) is 2.93. The van der Waals surface area contributed by atoms with Gasteiger partial charge in [-0.1, -0.05) is 0 Å². The number of carbonyl (C=O) groups excluding carboxylic acids is 1. The Morgan fingerprint density at radius 2 is 2.11 bits per heavy atom. The van der Waals surface area contributed by atoms with Crippen molar-refractivity contribution in [2.45, 2.75) is 0 Å². The maximum atomic E-state index is 13.7. The summed E-state index contributed by atoms with van der Waals surface area (Å²) in [7, 11) is 4.52. The molecule has 0 fully saturated rings. The van der Waals surface area contributed by atoms with E-state index in [4.69, 9.17) is 0 Å². The summed E-state index contributed by atoms with van der Waals surface area (Å²) in [5, 5.41) is 10.9. The number of rotatable bonds is 4. The van der Waals surface area contributed by atoms with Gasteiger partial charge in [0.05, 0.1) is 17.6 Å². The third-order valence-electron chi connectivity index (χ3n) is 2.27. The number of ether oxygens (including phenoxy) is 1. The standard InChI is InChI=1S/C12H13FN2O4/c1-14(2)5-4-8-6-10(13)9(12(16)19-3)7-11(8)15(17)18/h4-7H,1-3H3. The molecule has 0 aliphatic carbocycles. The summed E-state index contributed by atoms with van der Waals surface area (Å²) in [5.74, 6) is -1.82. The summed E-state index contributed by atoms with van der Waals surface area (Å²) in [6.45, 7) is 0. The van der Waals surface area contributed by atoms with Crippen LogP contribution in [-0.4, -0.2) is 37.0 Å². The van der Waals surface area contributed by atoms with E-state index < -0.39 is 22.3 Å². The molecule has 0 aromatic heterocycles. The molecule has 0 aliphatic rings. The van der Waals surface area contributed by atoms with Crippen molar-refractivity contribution in [2.24, 2.45) is 0 Å². The highest BCUT2D eigenvalue weighted by atomic mass is 19.1. The Labute approximate surface area is 109 Å². The molecule has 0 atom stereocenters. The first-order valence-corrected chi connectivity index (χ1v) is 5.27. The molecule has 0 N–H and O–H groups in total. The summed E-state index contributed by atoms with van der Waals surface area (Å²) < 4.78 is 18.0. The van der Waals surface area contributed by atoms with E-state index in [-0.39, 0.29) is 11.3 Å². The molecule has 0 bridgehead atoms. The molecule has 1 aromatic rings. The molecule has 0 amide bonds. The van der Waals surface area contributed by atoms with Gasteiger partial charge in [-0.15, -0.1) is 0 Å². The molecule has 1 rings (SSSR count). The van der Waals surface area contributed by atoms with Crippen LogP contribution in [0.1, 0.15) is 15.9 Å². The van der Waals surface area contributed by atoms with Crippen molar-refractivity contribution in [3.05, 3.63) is 45.4 Å². The smallest absolute Gasteiger partial charge is 0.341 e. The van der Waals surface area contributed by atoms with Gasteiger partial charge in [0.1, 0.15) is 11.4 Å². The van der Waals surface area contributed by atoms with E-state index in [1.807, 2.05) is 0 Å². The minimum Gasteiger partial charge on any atom is -0.465 e. The predicted molar refractivity (Wildman–Crippen MR) is 67.1 cm³/mol. The van der Waals surface area contributed by atoms with Crippen LogP contribution >= 0.6 is 0 Å². The van der Waals surface area contributed by atoms with Crippen molar-refractivity contribution < 1.29 is 18.8 Å². The van der Waals surface area contributed by atoms with Crippen molar-refractivity contribution in [3.63, 3.8) is 0 Å². The van der Waals surface area contributed by atoms with Crippen LogP contribution in [0.5, 0.6) is 0 Å². The lowest BCUT2D eigenvalue weighted by molar-refractivity contribution is -0.385. The number of carbonyl (C=O) groups is 1. The highest BCUT2D eigenvalue weighted by Crippen LogP contribution is 2.25. The average molecular weight is 268 g/mol. The van der Waals surface area contributed by atoms with Gasteiger partial charge in [-0.05, 0) is 18.3 Å². The van der Waals surface area contributed by atoms with Gasteiger partial charge in [-0.2, -0.15) is 0 Å². The maximum Gasteiger partial charge on any atom is 0.341 e. The fourth-order valence-electron chi connectivity index (χ4n) is 1.36. The lowest BCUT2D eigenvalue weighted by Gasteiger charge is -2.06. The molecule has 102 valence electrons. The van der Waals surface area contributed by atoms with Crippen LogP contribution in [0.3, 0.4) is 0 Å². The Morgan fingerprint density at radius 3 is 2.58 bits per heavy atom. The fourth-order valence-corrected chi connectivity index (χ4v) is 1.36. The second-order valence-corrected chi connectivity index (χ2v) is 3.92. The van der Waals surface area contributed by atoms with Crippen molar-refractivity contribution in [2.75, 3.05) is 21.2 Å². The van der Waals surface area contributed by atoms with Crippen LogP contribution in [-0.2, 0) is 4.74 Å². The number of nitro groups is 1. The Kier molecular flexibility index (Phi) is 4.57. The van der Waals surface area contributed by atoms with Gasteiger partial charge in [0, 0.05) is 20.2 Å². The molecule has 0 unspecified atom stereocenters. The van der Waals surface area contributed by atoms with Gasteiger partial charge in [0.2, 0.25) is 0 Å². The number of nitrogens with zero attached hydrogens (tertiary/aromatic N) is 2. The third-order valence-corrected chi connectivity index (χ3v) is 2.27. The van der Waals surface area contributed by atoms with Crippen LogP contribution in [0, 0.1) is 15.9 Å². The van der Waals surface area contributed by atoms with Crippen LogP contribution < -0.4 is 0 Å². The number of hydrogen-bond acceptors (Lipinski definition) is 5. The van der Waals surface area contributed by atoms with E-state index in [2.05, 4.69) is 4.74 Å². The van der Waals surface area contributed by atoms with Crippen LogP contribution in [0.15, 0.2) is 18.3 Å². The van der Waals surface area contributed by atoms with Crippen LogP contribution in [0.4, 0.5) is 10.1 Å². The van der Waals surface area contributed by atoms with Crippen molar-refractivity contribution in [3.8, 4) is 0 Å². The number of esters is 1. The van der Waals surface area contributed by atoms with E-state index in [9.17, 15) is 19.3 Å². The molecule has 19 heavy (non-hydrogen) atoms. The Balaban J connectivity index is 3.37. The first-order chi connectivity index (χ1) is 8.86. The molecule has 0 heterocycles. The first kappa shape index (κ1) is 14.6. The lowest BCUT2D eigenvalue weighted by atomic mass is 10.1. The number of nitro benzene ring substituents is 1. The van der Waals surface area contributed by atoms with Gasteiger partial charge >= 0.3 is 5.97 Å². The minimum absolute atomic E-state index is 0.0730. The predicted octanol–water partition coefficient (Wildman–Crippen LogP) is 2.05. The maximum absolute atomic E-state index is 13.7. The SMILES string of the molecule is COC(=O)c1cc([N+](=O)[O-])c(C=CN(C)C)cc1F. The lowest BCUT2D eigenvalue weighted by Crippen LogP contribution is -2.07. The summed E-state index contributed by atoms with van der Waals surface area (Å²) in [5.41, 5.74) is -0.750. The highest BCUT2D eigenvalue weighted by Gasteiger charge is 2.21. The second kappa shape index (κ2) is 5.94. The van der Waals surface area contributed by atoms with Gasteiger partial charge in [-0.3, -0.25) is 10.1 Å². The van der Waals surface area contributed by atoms with Gasteiger partial charge in [0.25, 0.3) is 5.69 Å². The summed E-state index contributed by atoms with van der Waals surface area (Å²) >= 11 is 0. The number of halogens is 1. The first-order valence-electron chi connectivity index (χ1n) is 5.27. The van der Waals surface area contributed by atoms with Crippen LogP contribution in [0.2, 0.25) is 0 Å². The minimum atomic E-state index is -0.955. The van der Waals surface area contributed by atoms with Crippen molar-refractivity contribution in [1.29, 1.82) is 0 Å². The Morgan fingerprint density at radius 1 is 1.47 bits per heavy atom. The molecule has 6 nitrogen and oxygen atoms in total. The molecule has 0 aliphatic heterocycles. The zero-order valence-electron chi connectivity index (χ0n) is 10.7. The topological polar surface area (TPSA) is 72.7 Å². The van der Waals surface area contributed by atoms with E-state index in [0.717, 1.165) is 19.2 Å². The molecular formula is C12H13FN2O4. The molecule has 0 radical (unpaired) electrons. The zero-order valence-corrected chi connectivity index (χ0v) is 10.7. The molecule has 0 saturated heterocycles. The van der Waals surface area contributed by atoms with E-state index >= 15 is 0 Å². The van der Waals surface area contributed by atoms with Gasteiger partial charge < -0.3 is 9.64 Å². The summed E-state index contributed by atoms with van der Waals surface area (Å²) in [6, 6.07) is 1.81. The van der Waals surface area contributed by atoms with Gasteiger partial charge in [0.15, 0.2) is 0 Å². The molecule has 0 spiro atoms. The Bertz CT molecular complexity index is 541. The van der Waals surface area contributed by atoms with E-state index in [1.54, 1.807) is 25.2 Å². The molecule has 1 aromatic carbocycles. The van der Waals surface area contributed by atoms with Crippen molar-refractivity contribution >= 4 is 17.7 Å². The van der Waals surface area contributed by atoms with E-state index in [1.165, 1.54) is 6.08 Å². The fraction of sp³-hybridized carbons (Fsp3) is 0.250. The largest absolute Gasteiger partial charge is 0.465 e. The highest BCUT2D eigenvalue weighted by molar-refractivity contribution is 5.91. The monoisotopic (exact) mass is 268 g/mol. The van der Waals surface area contributed by atoms with E-state index in [0.29, 0.717) is 0 Å². The third kappa shape index (κ3) is 3.51. The number of methoxy groups -OCH3 is 1. The number of benzene rings is 1. The number of hydrogen-bond donors (Lipinski definition) is 0. The average Bonchev–Trinajstić information content (AvgIpc) is 2.34. The quantitative estimate of drug-likeness (QED) is 0.474. The Hall–Kier alpha value is -2.44. The zero-order chi connectivity index (χ0) is 14.6. The van der Waals surface area contributed by atoms with Gasteiger partial charge in [-0.25, -0.2) is 9.18 Å². The van der Waals surface area contributed by atoms with Crippen LogP contribution in [0.25, 0.3) is 6.08 Å². The molecular weight excluding hydrogens is 255 g/mol. The molecule has 7 heteroatoms.